The fourth-order valence-electron chi connectivity index (χ4n) is 2.62. The Bertz CT molecular complexity index is 667. The molecule has 0 saturated carbocycles. The summed E-state index contributed by atoms with van der Waals surface area (Å²) in [5, 5.41) is 13.4. The molecule has 0 saturated heterocycles. The predicted octanol–water partition coefficient (Wildman–Crippen LogP) is 3.15. The average molecular weight is 346 g/mol. The van der Waals surface area contributed by atoms with Crippen molar-refractivity contribution in [2.75, 3.05) is 6.54 Å². The number of hydrogen-bond donors (Lipinski definition) is 1. The summed E-state index contributed by atoms with van der Waals surface area (Å²) in [6, 6.07) is 5.06. The highest BCUT2D eigenvalue weighted by atomic mass is 16.6. The quantitative estimate of drug-likeness (QED) is 0.354. The highest BCUT2D eigenvalue weighted by Gasteiger charge is 2.19. The average Bonchev–Trinajstić information content (AvgIpc) is 2.62. The van der Waals surface area contributed by atoms with E-state index in [-0.39, 0.29) is 17.2 Å². The van der Waals surface area contributed by atoms with Crippen molar-refractivity contribution in [1.82, 2.24) is 5.32 Å². The second-order valence-electron chi connectivity index (χ2n) is 6.00. The summed E-state index contributed by atoms with van der Waals surface area (Å²) in [7, 11) is 0. The van der Waals surface area contributed by atoms with Crippen LogP contribution in [0.25, 0.3) is 0 Å². The SMILES string of the molecule is C[C@@H](OC(=O)c1ccc([N+](=O)[O-])cc1)C(=O)NCCC1=CCCCC1. The van der Waals surface area contributed by atoms with Gasteiger partial charge in [-0.1, -0.05) is 11.6 Å². The van der Waals surface area contributed by atoms with E-state index in [0.717, 1.165) is 19.3 Å². The van der Waals surface area contributed by atoms with Crippen LogP contribution in [0.3, 0.4) is 0 Å². The number of non-ortho nitro benzene ring substituents is 1. The van der Waals surface area contributed by atoms with Crippen LogP contribution in [0.4, 0.5) is 5.69 Å². The fraction of sp³-hybridized carbons (Fsp3) is 0.444. The van der Waals surface area contributed by atoms with Gasteiger partial charge in [0.15, 0.2) is 6.10 Å². The molecule has 0 heterocycles. The van der Waals surface area contributed by atoms with Crippen LogP contribution in [0.15, 0.2) is 35.9 Å². The Labute approximate surface area is 146 Å². The monoisotopic (exact) mass is 346 g/mol. The molecule has 0 bridgehead atoms. The number of ether oxygens (including phenoxy) is 1. The maximum atomic E-state index is 12.0. The number of hydrogen-bond acceptors (Lipinski definition) is 5. The Morgan fingerprint density at radius 3 is 2.60 bits per heavy atom. The van der Waals surface area contributed by atoms with Gasteiger partial charge in [-0.05, 0) is 51.2 Å². The summed E-state index contributed by atoms with van der Waals surface area (Å²) in [6.07, 6.45) is 6.73. The van der Waals surface area contributed by atoms with Crippen molar-refractivity contribution in [1.29, 1.82) is 0 Å². The summed E-state index contributed by atoms with van der Waals surface area (Å²) in [5.41, 5.74) is 1.42. The van der Waals surface area contributed by atoms with Gasteiger partial charge >= 0.3 is 5.97 Å². The minimum Gasteiger partial charge on any atom is -0.449 e. The molecule has 2 rings (SSSR count). The molecule has 7 nitrogen and oxygen atoms in total. The number of amides is 1. The van der Waals surface area contributed by atoms with E-state index in [0.29, 0.717) is 6.54 Å². The van der Waals surface area contributed by atoms with Crippen LogP contribution in [0.5, 0.6) is 0 Å². The Morgan fingerprint density at radius 1 is 1.28 bits per heavy atom. The van der Waals surface area contributed by atoms with Crippen LogP contribution in [0, 0.1) is 10.1 Å². The van der Waals surface area contributed by atoms with Gasteiger partial charge in [0.1, 0.15) is 0 Å². The second-order valence-corrected chi connectivity index (χ2v) is 6.00. The topological polar surface area (TPSA) is 98.5 Å². The Kier molecular flexibility index (Phi) is 6.68. The summed E-state index contributed by atoms with van der Waals surface area (Å²) in [5.74, 6) is -1.04. The first-order valence-electron chi connectivity index (χ1n) is 8.38. The molecule has 0 aliphatic heterocycles. The summed E-state index contributed by atoms with van der Waals surface area (Å²) < 4.78 is 5.11. The largest absolute Gasteiger partial charge is 0.449 e. The van der Waals surface area contributed by atoms with E-state index in [1.807, 2.05) is 0 Å². The normalized spacial score (nSPS) is 15.0. The first kappa shape index (κ1) is 18.6. The molecule has 7 heteroatoms. The van der Waals surface area contributed by atoms with Crippen molar-refractivity contribution in [3.63, 3.8) is 0 Å². The van der Waals surface area contributed by atoms with E-state index in [1.165, 1.54) is 49.6 Å². The Morgan fingerprint density at radius 2 is 2.00 bits per heavy atom. The van der Waals surface area contributed by atoms with E-state index in [9.17, 15) is 19.7 Å². The van der Waals surface area contributed by atoms with Crippen molar-refractivity contribution in [2.24, 2.45) is 0 Å². The molecule has 1 aliphatic carbocycles. The van der Waals surface area contributed by atoms with Crippen molar-refractivity contribution in [2.45, 2.75) is 45.1 Å². The highest BCUT2D eigenvalue weighted by Crippen LogP contribution is 2.19. The Balaban J connectivity index is 1.78. The number of esters is 1. The minimum atomic E-state index is -0.928. The van der Waals surface area contributed by atoms with Gasteiger partial charge in [-0.3, -0.25) is 14.9 Å². The van der Waals surface area contributed by atoms with Crippen molar-refractivity contribution >= 4 is 17.6 Å². The number of nitro groups is 1. The zero-order valence-electron chi connectivity index (χ0n) is 14.2. The Hall–Kier alpha value is -2.70. The molecule has 1 amide bonds. The molecule has 0 radical (unpaired) electrons. The lowest BCUT2D eigenvalue weighted by atomic mass is 9.97. The van der Waals surface area contributed by atoms with Gasteiger partial charge in [-0.15, -0.1) is 0 Å². The van der Waals surface area contributed by atoms with Crippen LogP contribution in [0.2, 0.25) is 0 Å². The number of carbonyl (C=O) groups excluding carboxylic acids is 2. The summed E-state index contributed by atoms with van der Waals surface area (Å²) >= 11 is 0. The fourth-order valence-corrected chi connectivity index (χ4v) is 2.62. The van der Waals surface area contributed by atoms with Gasteiger partial charge in [0.05, 0.1) is 10.5 Å². The van der Waals surface area contributed by atoms with Crippen LogP contribution in [-0.2, 0) is 9.53 Å². The summed E-state index contributed by atoms with van der Waals surface area (Å²) in [6.45, 7) is 2.02. The number of nitrogens with one attached hydrogen (secondary N) is 1. The number of allylic oxidation sites excluding steroid dienone is 1. The first-order chi connectivity index (χ1) is 12.0. The van der Waals surface area contributed by atoms with E-state index >= 15 is 0 Å². The van der Waals surface area contributed by atoms with Crippen LogP contribution < -0.4 is 5.32 Å². The van der Waals surface area contributed by atoms with E-state index in [2.05, 4.69) is 11.4 Å². The predicted molar refractivity (Wildman–Crippen MR) is 92.2 cm³/mol. The number of nitro benzene ring substituents is 1. The van der Waals surface area contributed by atoms with Crippen molar-refractivity contribution in [3.8, 4) is 0 Å². The maximum Gasteiger partial charge on any atom is 0.338 e. The van der Waals surface area contributed by atoms with Crippen LogP contribution in [0.1, 0.15) is 49.4 Å². The molecule has 134 valence electrons. The van der Waals surface area contributed by atoms with Gasteiger partial charge in [-0.25, -0.2) is 4.79 Å². The third-order valence-electron chi connectivity index (χ3n) is 4.10. The molecule has 0 fully saturated rings. The standard InChI is InChI=1S/C18H22N2O5/c1-13(17(21)19-12-11-14-5-3-2-4-6-14)25-18(22)15-7-9-16(10-8-15)20(23)24/h5,7-10,13H,2-4,6,11-12H2,1H3,(H,19,21)/t13-/m1/s1. The highest BCUT2D eigenvalue weighted by molar-refractivity contribution is 5.92. The van der Waals surface area contributed by atoms with Gasteiger partial charge in [0.25, 0.3) is 11.6 Å². The third kappa shape index (κ3) is 5.70. The van der Waals surface area contributed by atoms with Gasteiger partial charge in [0, 0.05) is 18.7 Å². The lowest BCUT2D eigenvalue weighted by Crippen LogP contribution is -2.36. The zero-order chi connectivity index (χ0) is 18.2. The first-order valence-corrected chi connectivity index (χ1v) is 8.38. The molecule has 1 N–H and O–H groups in total. The van der Waals surface area contributed by atoms with Gasteiger partial charge in [-0.2, -0.15) is 0 Å². The van der Waals surface area contributed by atoms with Crippen LogP contribution >= 0.6 is 0 Å². The van der Waals surface area contributed by atoms with Crippen LogP contribution in [-0.4, -0.2) is 29.4 Å². The van der Waals surface area contributed by atoms with Gasteiger partial charge < -0.3 is 10.1 Å². The number of benzene rings is 1. The van der Waals surface area contributed by atoms with E-state index < -0.39 is 17.0 Å². The van der Waals surface area contributed by atoms with Crippen molar-refractivity contribution < 1.29 is 19.2 Å². The molecular formula is C18H22N2O5. The smallest absolute Gasteiger partial charge is 0.338 e. The zero-order valence-corrected chi connectivity index (χ0v) is 14.2. The maximum absolute atomic E-state index is 12.0. The lowest BCUT2D eigenvalue weighted by Gasteiger charge is -2.15. The van der Waals surface area contributed by atoms with Gasteiger partial charge in [0.2, 0.25) is 0 Å². The van der Waals surface area contributed by atoms with E-state index in [1.54, 1.807) is 0 Å². The molecule has 1 aliphatic rings. The number of rotatable bonds is 7. The molecule has 0 unspecified atom stereocenters. The van der Waals surface area contributed by atoms with Crippen molar-refractivity contribution in [3.05, 3.63) is 51.6 Å². The molecular weight excluding hydrogens is 324 g/mol. The third-order valence-corrected chi connectivity index (χ3v) is 4.10. The number of carbonyl (C=O) groups is 2. The second kappa shape index (κ2) is 8.96. The molecule has 1 aromatic carbocycles. The lowest BCUT2D eigenvalue weighted by molar-refractivity contribution is -0.384. The molecule has 1 atom stereocenters. The molecule has 1 aromatic rings. The number of nitrogens with zero attached hydrogens (tertiary/aromatic N) is 1. The summed E-state index contributed by atoms with van der Waals surface area (Å²) in [4.78, 5) is 34.0. The minimum absolute atomic E-state index is 0.112. The molecule has 25 heavy (non-hydrogen) atoms. The molecule has 0 aromatic heterocycles. The van der Waals surface area contributed by atoms with E-state index in [4.69, 9.17) is 4.74 Å². The molecule has 0 spiro atoms.